The maximum Gasteiger partial charge on any atom is 0.341 e. The van der Waals surface area contributed by atoms with E-state index in [4.69, 9.17) is 42.6 Å². The average Bonchev–Trinajstić information content (AvgIpc) is 3.38. The molecule has 0 aliphatic carbocycles. The van der Waals surface area contributed by atoms with Crippen LogP contribution in [0.4, 0.5) is 0 Å². The molecule has 0 unspecified atom stereocenters. The summed E-state index contributed by atoms with van der Waals surface area (Å²) in [5, 5.41) is 59.8. The topological polar surface area (TPSA) is 250 Å². The van der Waals surface area contributed by atoms with Crippen molar-refractivity contribution in [1.82, 2.24) is 14.5 Å². The fourth-order valence-corrected chi connectivity index (χ4v) is 12.1. The van der Waals surface area contributed by atoms with Crippen LogP contribution in [0.25, 0.3) is 10.9 Å². The van der Waals surface area contributed by atoms with Crippen molar-refractivity contribution in [3.8, 4) is 0 Å². The summed E-state index contributed by atoms with van der Waals surface area (Å²) in [4.78, 5) is 43.2. The second kappa shape index (κ2) is 28.7. The van der Waals surface area contributed by atoms with Crippen LogP contribution in [-0.4, -0.2) is 224 Å². The molecule has 0 bridgehead atoms. The van der Waals surface area contributed by atoms with Crippen LogP contribution in [0.3, 0.4) is 0 Å². The smallest absolute Gasteiger partial charge is 0.341 e. The van der Waals surface area contributed by atoms with E-state index in [0.29, 0.717) is 76.2 Å². The number of methoxy groups -OCH3 is 1. The zero-order chi connectivity index (χ0) is 58.9. The molecule has 5 N–H and O–H groups in total. The van der Waals surface area contributed by atoms with Crippen molar-refractivity contribution in [2.24, 2.45) is 17.8 Å². The Morgan fingerprint density at radius 1 is 0.873 bits per heavy atom. The number of cyclic esters (lactones) is 1. The highest BCUT2D eigenvalue weighted by Crippen LogP contribution is 2.41. The van der Waals surface area contributed by atoms with Gasteiger partial charge in [0.2, 0.25) is 5.43 Å². The molecule has 0 saturated carbocycles. The van der Waals surface area contributed by atoms with Crippen LogP contribution in [-0.2, 0) is 53.8 Å². The van der Waals surface area contributed by atoms with Gasteiger partial charge < -0.3 is 83.0 Å². The van der Waals surface area contributed by atoms with Gasteiger partial charge in [-0.2, -0.15) is 0 Å². The third-order valence-electron chi connectivity index (χ3n) is 16.7. The number of carbonyl (C=O) groups is 2. The van der Waals surface area contributed by atoms with Crippen LogP contribution in [0.2, 0.25) is 0 Å². The van der Waals surface area contributed by atoms with E-state index >= 15 is 0 Å². The number of fused-ring (bicyclic) bond motifs is 1. The Balaban J connectivity index is 1.24. The summed E-state index contributed by atoms with van der Waals surface area (Å²) in [6, 6.07) is 4.65. The maximum absolute atomic E-state index is 14.6. The number of carboxylic acid groups (broad SMARTS) is 1. The molecule has 21 nitrogen and oxygen atoms in total. The molecule has 3 aliphatic rings. The quantitative estimate of drug-likeness (QED) is 0.0868. The Morgan fingerprint density at radius 3 is 2.14 bits per heavy atom. The summed E-state index contributed by atoms with van der Waals surface area (Å²) >= 11 is 0. The van der Waals surface area contributed by atoms with Crippen LogP contribution in [0, 0.1) is 17.8 Å². The van der Waals surface area contributed by atoms with Gasteiger partial charge in [0.25, 0.3) is 0 Å². The van der Waals surface area contributed by atoms with Gasteiger partial charge in [-0.25, -0.2) is 4.79 Å². The van der Waals surface area contributed by atoms with Crippen LogP contribution in [0.1, 0.15) is 124 Å². The summed E-state index contributed by atoms with van der Waals surface area (Å²) in [6.45, 7) is 20.4. The lowest BCUT2D eigenvalue weighted by molar-refractivity contribution is -0.321. The molecule has 1 aromatic carbocycles. The molecule has 3 saturated heterocycles. The molecule has 452 valence electrons. The van der Waals surface area contributed by atoms with Gasteiger partial charge in [-0.3, -0.25) is 14.3 Å². The molecule has 2 aromatic rings. The van der Waals surface area contributed by atoms with Crippen LogP contribution >= 0.6 is 0 Å². The van der Waals surface area contributed by atoms with Crippen molar-refractivity contribution in [2.45, 2.75) is 204 Å². The number of aliphatic hydroxyl groups is 4. The number of aliphatic hydroxyl groups excluding tert-OH is 2. The van der Waals surface area contributed by atoms with Gasteiger partial charge in [0, 0.05) is 83.6 Å². The fourth-order valence-electron chi connectivity index (χ4n) is 12.1. The molecule has 18 atom stereocenters. The van der Waals surface area contributed by atoms with Crippen molar-refractivity contribution >= 4 is 22.8 Å². The summed E-state index contributed by atoms with van der Waals surface area (Å²) < 4.78 is 58.9. The highest BCUT2D eigenvalue weighted by molar-refractivity contribution is 5.92. The highest BCUT2D eigenvalue weighted by Gasteiger charge is 2.53. The molecule has 3 aliphatic heterocycles. The first-order valence-corrected chi connectivity index (χ1v) is 28.4. The number of pyridine rings is 1. The van der Waals surface area contributed by atoms with Gasteiger partial charge in [0.05, 0.1) is 60.3 Å². The van der Waals surface area contributed by atoms with E-state index in [-0.39, 0.29) is 42.9 Å². The van der Waals surface area contributed by atoms with Crippen molar-refractivity contribution in [1.29, 1.82) is 0 Å². The van der Waals surface area contributed by atoms with Crippen LogP contribution < -0.4 is 10.4 Å². The molecule has 5 rings (SSSR count). The molecule has 1 aromatic heterocycles. The minimum atomic E-state index is -1.84. The maximum atomic E-state index is 14.6. The number of carbonyl (C=O) groups excluding carboxylic acids is 1. The zero-order valence-corrected chi connectivity index (χ0v) is 50.1. The predicted molar refractivity (Wildman–Crippen MR) is 298 cm³/mol. The summed E-state index contributed by atoms with van der Waals surface area (Å²) in [6.07, 6.45) is -4.67. The Morgan fingerprint density at radius 2 is 1.53 bits per heavy atom. The number of aromatic carboxylic acids is 1. The first kappa shape index (κ1) is 66.4. The number of hydrogen-bond donors (Lipinski definition) is 5. The third-order valence-corrected chi connectivity index (χ3v) is 16.7. The van der Waals surface area contributed by atoms with Gasteiger partial charge in [0.15, 0.2) is 12.6 Å². The summed E-state index contributed by atoms with van der Waals surface area (Å²) in [7, 11) is 10.8. The monoisotopic (exact) mass is 1120 g/mol. The van der Waals surface area contributed by atoms with Gasteiger partial charge in [0.1, 0.15) is 35.6 Å². The van der Waals surface area contributed by atoms with E-state index in [0.717, 1.165) is 5.56 Å². The number of nitrogens with zero attached hydrogens (tertiary/aromatic N) is 4. The number of esters is 1. The first-order chi connectivity index (χ1) is 37.0. The van der Waals surface area contributed by atoms with E-state index < -0.39 is 107 Å². The van der Waals surface area contributed by atoms with Crippen molar-refractivity contribution in [3.05, 3.63) is 45.7 Å². The summed E-state index contributed by atoms with van der Waals surface area (Å²) in [5.74, 6) is -3.97. The molecular formula is C58H98N4O17. The molecule has 0 radical (unpaired) electrons. The SMILES string of the molecule is CC[C@H]1OC(=O)[C@H](C)[C@@H](O[C@H]2C[C@@](C)(OC)[C@@H](OCCCOCCOCCCc3ccc4c(c3)c(=O)c(C(=O)O)cn4N(C)C)[C@H](C)O2)[C@H](C)[C@@H](O[C@@H]2O[C@H](C)C[C@H](N(C)C)[C@H]2O)[C@](C)(O)C[C@@H](C)CN(C)[C@H](C)[C@@H](O)[C@]1(C)O. The van der Waals surface area contributed by atoms with Gasteiger partial charge in [-0.15, -0.1) is 0 Å². The number of ether oxygens (including phenoxy) is 9. The van der Waals surface area contributed by atoms with Gasteiger partial charge in [-0.1, -0.05) is 26.8 Å². The molecule has 0 spiro atoms. The zero-order valence-electron chi connectivity index (χ0n) is 50.1. The average molecular weight is 1120 g/mol. The Hall–Kier alpha value is -3.39. The van der Waals surface area contributed by atoms with Crippen molar-refractivity contribution < 1.29 is 77.8 Å². The lowest BCUT2D eigenvalue weighted by atomic mass is 9.77. The lowest BCUT2D eigenvalue weighted by Crippen LogP contribution is -2.61. The Kier molecular flexibility index (Phi) is 24.2. The van der Waals surface area contributed by atoms with E-state index in [9.17, 15) is 39.9 Å². The number of aromatic nitrogens is 1. The molecule has 79 heavy (non-hydrogen) atoms. The molecule has 4 heterocycles. The van der Waals surface area contributed by atoms with Gasteiger partial charge in [-0.05, 0) is 132 Å². The minimum absolute atomic E-state index is 0.174. The van der Waals surface area contributed by atoms with Gasteiger partial charge >= 0.3 is 11.9 Å². The van der Waals surface area contributed by atoms with E-state index in [1.54, 1.807) is 64.7 Å². The Labute approximate surface area is 468 Å². The van der Waals surface area contributed by atoms with E-state index in [1.807, 2.05) is 77.7 Å². The van der Waals surface area contributed by atoms with Crippen molar-refractivity contribution in [3.63, 3.8) is 0 Å². The largest absolute Gasteiger partial charge is 0.477 e. The number of rotatable bonds is 21. The molecule has 0 amide bonds. The predicted octanol–water partition coefficient (Wildman–Crippen LogP) is 4.19. The number of hydrogen-bond acceptors (Lipinski definition) is 19. The summed E-state index contributed by atoms with van der Waals surface area (Å²) in [5.41, 5.74) is -3.63. The van der Waals surface area contributed by atoms with Crippen LogP contribution in [0.15, 0.2) is 29.2 Å². The molecule has 3 fully saturated rings. The first-order valence-electron chi connectivity index (χ1n) is 28.4. The second-order valence-electron chi connectivity index (χ2n) is 23.9. The number of aryl methyl sites for hydroxylation is 1. The number of benzene rings is 1. The van der Waals surface area contributed by atoms with Crippen molar-refractivity contribution in [2.75, 3.05) is 86.9 Å². The highest BCUT2D eigenvalue weighted by atomic mass is 16.7. The van der Waals surface area contributed by atoms with E-state index in [1.165, 1.54) is 13.1 Å². The lowest BCUT2D eigenvalue weighted by Gasteiger charge is -2.49. The molecular weight excluding hydrogens is 1020 g/mol. The second-order valence-corrected chi connectivity index (χ2v) is 23.9. The number of likely N-dealkylation sites (N-methyl/N-ethyl adjacent to an activating group) is 2. The number of carboxylic acids is 1. The standard InChI is InChI=1S/C58H98N4O17/c1-17-45-58(10,70)50(65)38(6)61(15)32-34(2)30-56(8,69)51(79-55-48(64)44(59(11)12)28-35(3)75-55)36(4)49(37(5)54(68)77-45)78-46-31-57(9,71-16)52(39(7)76-46)74-25-19-24-73-27-26-72-23-18-20-40-21-22-43-41(29-40)47(63)42(53(66)67)33-62(43)60(13)14/h21-22,29,33-39,44-46,48-52,55,64-65,69-70H,17-20,23-28,30-32H2,1-16H3,(H,66,67)/t34-,35-,36+,37-,38-,39+,44+,45-,46+,48-,49+,50-,51-,52+,55+,56-,57-,58-/m1/s1. The minimum Gasteiger partial charge on any atom is -0.477 e. The third kappa shape index (κ3) is 16.5. The fraction of sp³-hybridized carbons (Fsp3) is 0.810. The van der Waals surface area contributed by atoms with E-state index in [2.05, 4.69) is 0 Å². The normalized spacial score (nSPS) is 36.7. The Bertz CT molecular complexity index is 2320. The molecule has 21 heteroatoms. The van der Waals surface area contributed by atoms with Crippen LogP contribution in [0.5, 0.6) is 0 Å².